The van der Waals surface area contributed by atoms with Crippen molar-refractivity contribution in [2.75, 3.05) is 20.1 Å². The lowest BCUT2D eigenvalue weighted by atomic mass is 9.83. The summed E-state index contributed by atoms with van der Waals surface area (Å²) in [4.78, 5) is 14.6. The highest BCUT2D eigenvalue weighted by Crippen LogP contribution is 2.47. The molecule has 1 saturated heterocycles. The van der Waals surface area contributed by atoms with E-state index in [-0.39, 0.29) is 11.3 Å². The van der Waals surface area contributed by atoms with Gasteiger partial charge in [0.15, 0.2) is 0 Å². The van der Waals surface area contributed by atoms with Gasteiger partial charge < -0.3 is 14.6 Å². The van der Waals surface area contributed by atoms with Gasteiger partial charge in [0, 0.05) is 19.5 Å². The van der Waals surface area contributed by atoms with Crippen LogP contribution in [0.2, 0.25) is 0 Å². The van der Waals surface area contributed by atoms with E-state index in [1.54, 1.807) is 0 Å². The molecule has 1 amide bonds. The molecular weight excluding hydrogens is 264 g/mol. The van der Waals surface area contributed by atoms with Crippen molar-refractivity contribution in [2.24, 2.45) is 11.3 Å². The van der Waals surface area contributed by atoms with Gasteiger partial charge in [-0.05, 0) is 43.9 Å². The molecule has 1 aliphatic heterocycles. The third-order valence-electron chi connectivity index (χ3n) is 5.27. The number of carbonyl (C=O) groups excluding carboxylic acids is 1. The molecule has 1 aromatic rings. The molecular formula is C17H26N2O2. The van der Waals surface area contributed by atoms with Crippen molar-refractivity contribution in [1.29, 1.82) is 0 Å². The lowest BCUT2D eigenvalue weighted by Gasteiger charge is -2.30. The van der Waals surface area contributed by atoms with Crippen molar-refractivity contribution < 1.29 is 9.21 Å². The lowest BCUT2D eigenvalue weighted by molar-refractivity contribution is -0.140. The number of hydrogen-bond donors (Lipinski definition) is 1. The van der Waals surface area contributed by atoms with Crippen molar-refractivity contribution >= 4 is 5.91 Å². The first-order valence-corrected chi connectivity index (χ1v) is 8.10. The molecule has 21 heavy (non-hydrogen) atoms. The summed E-state index contributed by atoms with van der Waals surface area (Å²) in [5.41, 5.74) is -0.213. The van der Waals surface area contributed by atoms with Gasteiger partial charge in [-0.1, -0.05) is 13.8 Å². The number of nitrogens with one attached hydrogen (secondary N) is 1. The van der Waals surface area contributed by atoms with Crippen molar-refractivity contribution in [3.8, 4) is 0 Å². The number of amides is 1. The maximum Gasteiger partial charge on any atom is 0.230 e. The van der Waals surface area contributed by atoms with Crippen LogP contribution in [0.4, 0.5) is 0 Å². The monoisotopic (exact) mass is 290 g/mol. The molecule has 1 N–H and O–H groups in total. The molecule has 1 aromatic heterocycles. The Labute approximate surface area is 126 Å². The quantitative estimate of drug-likeness (QED) is 0.907. The Bertz CT molecular complexity index is 517. The van der Waals surface area contributed by atoms with Gasteiger partial charge in [-0.15, -0.1) is 0 Å². The summed E-state index contributed by atoms with van der Waals surface area (Å²) in [6, 6.07) is 4.10. The van der Waals surface area contributed by atoms with Crippen LogP contribution in [0.25, 0.3) is 0 Å². The first kappa shape index (κ1) is 14.6. The fraction of sp³-hybridized carbons (Fsp3) is 0.706. The number of carbonyl (C=O) groups is 1. The first-order valence-electron chi connectivity index (χ1n) is 8.10. The molecule has 0 spiro atoms. The van der Waals surface area contributed by atoms with Crippen LogP contribution in [-0.2, 0) is 11.3 Å². The average Bonchev–Trinajstić information content (AvgIpc) is 2.92. The van der Waals surface area contributed by atoms with Gasteiger partial charge in [-0.2, -0.15) is 0 Å². The SMILES string of the molecule is CCC1(C(=O)N(C)Cc2ccc(C3CC3C)o2)CCNC1. The molecule has 0 bridgehead atoms. The Hall–Kier alpha value is -1.29. The summed E-state index contributed by atoms with van der Waals surface area (Å²) in [6.07, 6.45) is 3.06. The van der Waals surface area contributed by atoms with E-state index in [2.05, 4.69) is 25.2 Å². The van der Waals surface area contributed by atoms with Crippen LogP contribution >= 0.6 is 0 Å². The van der Waals surface area contributed by atoms with Gasteiger partial charge in [-0.25, -0.2) is 0 Å². The van der Waals surface area contributed by atoms with Crippen molar-refractivity contribution in [2.45, 2.75) is 45.6 Å². The van der Waals surface area contributed by atoms with Crippen LogP contribution < -0.4 is 5.32 Å². The van der Waals surface area contributed by atoms with Gasteiger partial charge in [0.05, 0.1) is 12.0 Å². The molecule has 3 rings (SSSR count). The minimum Gasteiger partial charge on any atom is -0.464 e. The second kappa shape index (κ2) is 5.48. The zero-order valence-corrected chi connectivity index (χ0v) is 13.3. The summed E-state index contributed by atoms with van der Waals surface area (Å²) in [5, 5.41) is 3.32. The summed E-state index contributed by atoms with van der Waals surface area (Å²) >= 11 is 0. The number of rotatable bonds is 5. The van der Waals surface area contributed by atoms with E-state index in [4.69, 9.17) is 4.42 Å². The molecule has 4 nitrogen and oxygen atoms in total. The fourth-order valence-electron chi connectivity index (χ4n) is 3.49. The van der Waals surface area contributed by atoms with Crippen LogP contribution in [0.5, 0.6) is 0 Å². The first-order chi connectivity index (χ1) is 10.1. The van der Waals surface area contributed by atoms with E-state index in [1.165, 1.54) is 6.42 Å². The third-order valence-corrected chi connectivity index (χ3v) is 5.27. The van der Waals surface area contributed by atoms with Crippen LogP contribution in [0.15, 0.2) is 16.5 Å². The summed E-state index contributed by atoms with van der Waals surface area (Å²) in [7, 11) is 1.89. The van der Waals surface area contributed by atoms with Gasteiger partial charge in [0.1, 0.15) is 11.5 Å². The molecule has 4 heteroatoms. The number of hydrogen-bond acceptors (Lipinski definition) is 3. The minimum absolute atomic E-state index is 0.213. The fourth-order valence-corrected chi connectivity index (χ4v) is 3.49. The largest absolute Gasteiger partial charge is 0.464 e. The number of nitrogens with zero attached hydrogens (tertiary/aromatic N) is 1. The Balaban J connectivity index is 1.64. The van der Waals surface area contributed by atoms with E-state index < -0.39 is 0 Å². The highest BCUT2D eigenvalue weighted by Gasteiger charge is 2.41. The maximum absolute atomic E-state index is 12.8. The Kier molecular flexibility index (Phi) is 3.82. The molecule has 116 valence electrons. The van der Waals surface area contributed by atoms with E-state index in [1.807, 2.05) is 18.0 Å². The van der Waals surface area contributed by atoms with Crippen LogP contribution in [0.1, 0.15) is 50.5 Å². The Morgan fingerprint density at radius 3 is 2.86 bits per heavy atom. The Morgan fingerprint density at radius 1 is 1.52 bits per heavy atom. The second-order valence-corrected chi connectivity index (χ2v) is 6.85. The van der Waals surface area contributed by atoms with Gasteiger partial charge >= 0.3 is 0 Å². The van der Waals surface area contributed by atoms with Gasteiger partial charge in [0.25, 0.3) is 0 Å². The molecule has 0 radical (unpaired) electrons. The van der Waals surface area contributed by atoms with Crippen LogP contribution in [0.3, 0.4) is 0 Å². The Morgan fingerprint density at radius 2 is 2.29 bits per heavy atom. The summed E-state index contributed by atoms with van der Waals surface area (Å²) in [5.74, 6) is 3.58. The molecule has 2 fully saturated rings. The van der Waals surface area contributed by atoms with Crippen molar-refractivity contribution in [3.05, 3.63) is 23.7 Å². The number of furan rings is 1. The molecule has 2 heterocycles. The topological polar surface area (TPSA) is 45.5 Å². The third kappa shape index (κ3) is 2.73. The molecule has 0 aromatic carbocycles. The summed E-state index contributed by atoms with van der Waals surface area (Å²) in [6.45, 7) is 6.67. The lowest BCUT2D eigenvalue weighted by Crippen LogP contribution is -2.42. The molecule has 2 aliphatic rings. The second-order valence-electron chi connectivity index (χ2n) is 6.85. The van der Waals surface area contributed by atoms with E-state index in [0.29, 0.717) is 12.5 Å². The van der Waals surface area contributed by atoms with Crippen molar-refractivity contribution in [3.63, 3.8) is 0 Å². The van der Waals surface area contributed by atoms with E-state index in [0.717, 1.165) is 43.4 Å². The highest BCUT2D eigenvalue weighted by molar-refractivity contribution is 5.83. The maximum atomic E-state index is 12.8. The molecule has 3 unspecified atom stereocenters. The van der Waals surface area contributed by atoms with Crippen molar-refractivity contribution in [1.82, 2.24) is 10.2 Å². The molecule has 3 atom stereocenters. The standard InChI is InChI=1S/C17H26N2O2/c1-4-17(7-8-18-11-17)16(20)19(3)10-13-5-6-15(21-13)14-9-12(14)2/h5-6,12,14,18H,4,7-11H2,1-3H3. The predicted molar refractivity (Wildman–Crippen MR) is 81.9 cm³/mol. The van der Waals surface area contributed by atoms with Gasteiger partial charge in [0.2, 0.25) is 5.91 Å². The van der Waals surface area contributed by atoms with Crippen LogP contribution in [-0.4, -0.2) is 30.9 Å². The minimum atomic E-state index is -0.213. The average molecular weight is 290 g/mol. The van der Waals surface area contributed by atoms with E-state index >= 15 is 0 Å². The van der Waals surface area contributed by atoms with Crippen LogP contribution in [0, 0.1) is 11.3 Å². The highest BCUT2D eigenvalue weighted by atomic mass is 16.3. The zero-order chi connectivity index (χ0) is 15.0. The van der Waals surface area contributed by atoms with Gasteiger partial charge in [-0.3, -0.25) is 4.79 Å². The molecule has 1 aliphatic carbocycles. The normalized spacial score (nSPS) is 31.4. The van der Waals surface area contributed by atoms with E-state index in [9.17, 15) is 4.79 Å². The zero-order valence-electron chi connectivity index (χ0n) is 13.3. The smallest absolute Gasteiger partial charge is 0.230 e. The predicted octanol–water partition coefficient (Wildman–Crippen LogP) is 2.75. The summed E-state index contributed by atoms with van der Waals surface area (Å²) < 4.78 is 5.92. The molecule has 1 saturated carbocycles.